The molecule has 1 heterocycles. The molecule has 1 unspecified atom stereocenters. The molecule has 1 aliphatic heterocycles. The summed E-state index contributed by atoms with van der Waals surface area (Å²) >= 11 is 0. The number of likely N-dealkylation sites (tertiary alicyclic amines) is 1. The van der Waals surface area contributed by atoms with E-state index in [2.05, 4.69) is 10.2 Å². The highest BCUT2D eigenvalue weighted by molar-refractivity contribution is 4.73. The van der Waals surface area contributed by atoms with Crippen LogP contribution in [0, 0.1) is 5.92 Å². The number of aliphatic hydroxyl groups is 1. The van der Waals surface area contributed by atoms with Crippen LogP contribution in [0.5, 0.6) is 0 Å². The van der Waals surface area contributed by atoms with E-state index in [1.165, 1.54) is 25.9 Å². The van der Waals surface area contributed by atoms with Crippen LogP contribution < -0.4 is 5.32 Å². The molecule has 0 amide bonds. The third-order valence-electron chi connectivity index (χ3n) is 3.06. The van der Waals surface area contributed by atoms with Gasteiger partial charge in [-0.2, -0.15) is 0 Å². The summed E-state index contributed by atoms with van der Waals surface area (Å²) in [6.07, 6.45) is 3.38. The first-order chi connectivity index (χ1) is 6.72. The van der Waals surface area contributed by atoms with Crippen LogP contribution in [-0.4, -0.2) is 49.3 Å². The lowest BCUT2D eigenvalue weighted by molar-refractivity contribution is 0.133. The minimum absolute atomic E-state index is 0.148. The van der Waals surface area contributed by atoms with Crippen molar-refractivity contribution in [3.63, 3.8) is 0 Å². The molecule has 1 atom stereocenters. The molecule has 0 aromatic heterocycles. The van der Waals surface area contributed by atoms with E-state index in [0.717, 1.165) is 25.4 Å². The Morgan fingerprint density at radius 1 is 1.43 bits per heavy atom. The van der Waals surface area contributed by atoms with Gasteiger partial charge in [0.25, 0.3) is 0 Å². The summed E-state index contributed by atoms with van der Waals surface area (Å²) in [4.78, 5) is 2.47. The van der Waals surface area contributed by atoms with Gasteiger partial charge in [-0.3, -0.25) is 0 Å². The van der Waals surface area contributed by atoms with Crippen molar-refractivity contribution in [2.75, 3.05) is 33.2 Å². The van der Waals surface area contributed by atoms with E-state index in [1.807, 2.05) is 14.0 Å². The second-order valence-corrected chi connectivity index (χ2v) is 4.48. The quantitative estimate of drug-likeness (QED) is 0.685. The zero-order valence-electron chi connectivity index (χ0n) is 9.50. The zero-order valence-corrected chi connectivity index (χ0v) is 9.50. The SMILES string of the molecule is CNCC1CCN(CCC(C)O)CC1. The normalized spacial score (nSPS) is 22.5. The van der Waals surface area contributed by atoms with Gasteiger partial charge in [0.05, 0.1) is 6.10 Å². The molecule has 0 aromatic carbocycles. The Hall–Kier alpha value is -0.120. The van der Waals surface area contributed by atoms with Gasteiger partial charge in [-0.1, -0.05) is 0 Å². The van der Waals surface area contributed by atoms with Crippen LogP contribution in [0.25, 0.3) is 0 Å². The van der Waals surface area contributed by atoms with Crippen molar-refractivity contribution in [3.8, 4) is 0 Å². The number of hydrogen-bond donors (Lipinski definition) is 2. The summed E-state index contributed by atoms with van der Waals surface area (Å²) in [5, 5.41) is 12.4. The van der Waals surface area contributed by atoms with Gasteiger partial charge < -0.3 is 15.3 Å². The van der Waals surface area contributed by atoms with Crippen LogP contribution in [0.15, 0.2) is 0 Å². The predicted molar refractivity (Wildman–Crippen MR) is 59.4 cm³/mol. The largest absolute Gasteiger partial charge is 0.393 e. The van der Waals surface area contributed by atoms with Crippen LogP contribution in [0.3, 0.4) is 0 Å². The molecule has 1 fully saturated rings. The van der Waals surface area contributed by atoms with E-state index in [-0.39, 0.29) is 6.10 Å². The molecular weight excluding hydrogens is 176 g/mol. The van der Waals surface area contributed by atoms with Gasteiger partial charge in [-0.05, 0) is 58.8 Å². The Bertz CT molecular complexity index is 142. The van der Waals surface area contributed by atoms with Gasteiger partial charge in [0, 0.05) is 6.54 Å². The summed E-state index contributed by atoms with van der Waals surface area (Å²) < 4.78 is 0. The Labute approximate surface area is 87.5 Å². The molecule has 0 radical (unpaired) electrons. The first-order valence-corrected chi connectivity index (χ1v) is 5.77. The number of nitrogens with zero attached hydrogens (tertiary/aromatic N) is 1. The van der Waals surface area contributed by atoms with Crippen molar-refractivity contribution < 1.29 is 5.11 Å². The van der Waals surface area contributed by atoms with Crippen molar-refractivity contribution in [1.29, 1.82) is 0 Å². The Morgan fingerprint density at radius 3 is 2.57 bits per heavy atom. The molecule has 1 saturated heterocycles. The molecule has 14 heavy (non-hydrogen) atoms. The van der Waals surface area contributed by atoms with Gasteiger partial charge in [0.15, 0.2) is 0 Å². The molecule has 0 aromatic rings. The lowest BCUT2D eigenvalue weighted by Crippen LogP contribution is -2.37. The van der Waals surface area contributed by atoms with Gasteiger partial charge in [0.2, 0.25) is 0 Å². The highest BCUT2D eigenvalue weighted by Gasteiger charge is 2.18. The second-order valence-electron chi connectivity index (χ2n) is 4.48. The van der Waals surface area contributed by atoms with Crippen molar-refractivity contribution in [1.82, 2.24) is 10.2 Å². The molecule has 1 rings (SSSR count). The topological polar surface area (TPSA) is 35.5 Å². The predicted octanol–water partition coefficient (Wildman–Crippen LogP) is 0.689. The molecular formula is C11H24N2O. The van der Waals surface area contributed by atoms with E-state index >= 15 is 0 Å². The minimum atomic E-state index is -0.148. The highest BCUT2D eigenvalue weighted by Crippen LogP contribution is 2.16. The Balaban J connectivity index is 2.09. The molecule has 0 bridgehead atoms. The van der Waals surface area contributed by atoms with E-state index in [4.69, 9.17) is 0 Å². The van der Waals surface area contributed by atoms with Crippen molar-refractivity contribution in [2.24, 2.45) is 5.92 Å². The maximum absolute atomic E-state index is 9.18. The summed E-state index contributed by atoms with van der Waals surface area (Å²) in [5.74, 6) is 0.864. The summed E-state index contributed by atoms with van der Waals surface area (Å²) in [5.41, 5.74) is 0. The number of hydrogen-bond acceptors (Lipinski definition) is 3. The van der Waals surface area contributed by atoms with Crippen LogP contribution in [0.4, 0.5) is 0 Å². The third kappa shape index (κ3) is 4.40. The molecule has 3 nitrogen and oxygen atoms in total. The summed E-state index contributed by atoms with van der Waals surface area (Å²) in [7, 11) is 2.03. The van der Waals surface area contributed by atoms with Crippen molar-refractivity contribution in [3.05, 3.63) is 0 Å². The van der Waals surface area contributed by atoms with Gasteiger partial charge >= 0.3 is 0 Å². The number of rotatable bonds is 5. The fraction of sp³-hybridized carbons (Fsp3) is 1.00. The Morgan fingerprint density at radius 2 is 2.07 bits per heavy atom. The summed E-state index contributed by atoms with van der Waals surface area (Å²) in [6.45, 7) is 6.50. The van der Waals surface area contributed by atoms with Gasteiger partial charge in [-0.15, -0.1) is 0 Å². The number of piperidine rings is 1. The summed E-state index contributed by atoms with van der Waals surface area (Å²) in [6, 6.07) is 0. The van der Waals surface area contributed by atoms with Crippen LogP contribution in [0.2, 0.25) is 0 Å². The van der Waals surface area contributed by atoms with Gasteiger partial charge in [0.1, 0.15) is 0 Å². The molecule has 0 aliphatic carbocycles. The number of aliphatic hydroxyl groups excluding tert-OH is 1. The average Bonchev–Trinajstić information content (AvgIpc) is 2.17. The van der Waals surface area contributed by atoms with Gasteiger partial charge in [-0.25, -0.2) is 0 Å². The zero-order chi connectivity index (χ0) is 10.4. The van der Waals surface area contributed by atoms with Crippen molar-refractivity contribution in [2.45, 2.75) is 32.3 Å². The van der Waals surface area contributed by atoms with E-state index < -0.39 is 0 Å². The minimum Gasteiger partial charge on any atom is -0.393 e. The molecule has 1 aliphatic rings. The molecule has 2 N–H and O–H groups in total. The standard InChI is InChI=1S/C11H24N2O/c1-10(14)3-6-13-7-4-11(5-8-13)9-12-2/h10-12,14H,3-9H2,1-2H3. The highest BCUT2D eigenvalue weighted by atomic mass is 16.3. The van der Waals surface area contributed by atoms with Crippen LogP contribution >= 0.6 is 0 Å². The monoisotopic (exact) mass is 200 g/mol. The maximum Gasteiger partial charge on any atom is 0.0524 e. The molecule has 0 saturated carbocycles. The first kappa shape index (κ1) is 12.0. The number of nitrogens with one attached hydrogen (secondary N) is 1. The van der Waals surface area contributed by atoms with Crippen LogP contribution in [0.1, 0.15) is 26.2 Å². The Kier molecular flexibility index (Phi) is 5.45. The first-order valence-electron chi connectivity index (χ1n) is 5.77. The lowest BCUT2D eigenvalue weighted by Gasteiger charge is -2.32. The molecule has 3 heteroatoms. The van der Waals surface area contributed by atoms with E-state index in [9.17, 15) is 5.11 Å². The fourth-order valence-corrected chi connectivity index (χ4v) is 2.07. The second kappa shape index (κ2) is 6.38. The fourth-order valence-electron chi connectivity index (χ4n) is 2.07. The van der Waals surface area contributed by atoms with Crippen molar-refractivity contribution >= 4 is 0 Å². The van der Waals surface area contributed by atoms with E-state index in [0.29, 0.717) is 0 Å². The third-order valence-corrected chi connectivity index (χ3v) is 3.06. The molecule has 0 spiro atoms. The lowest BCUT2D eigenvalue weighted by atomic mass is 9.96. The smallest absolute Gasteiger partial charge is 0.0524 e. The average molecular weight is 200 g/mol. The maximum atomic E-state index is 9.18. The van der Waals surface area contributed by atoms with Crippen LogP contribution in [-0.2, 0) is 0 Å². The van der Waals surface area contributed by atoms with E-state index in [1.54, 1.807) is 0 Å². The molecule has 84 valence electrons.